The molecule has 3 nitrogen and oxygen atoms in total. The second kappa shape index (κ2) is 7.48. The maximum absolute atomic E-state index is 12.4. The van der Waals surface area contributed by atoms with Crippen molar-refractivity contribution in [2.45, 2.75) is 59.2 Å². The average Bonchev–Trinajstić information content (AvgIpc) is 2.34. The van der Waals surface area contributed by atoms with Gasteiger partial charge >= 0.3 is 6.09 Å². The quantitative estimate of drug-likeness (QED) is 0.788. The van der Waals surface area contributed by atoms with Gasteiger partial charge in [0.15, 0.2) is 0 Å². The fourth-order valence-corrected chi connectivity index (χ4v) is 2.11. The molecule has 0 aliphatic carbocycles. The van der Waals surface area contributed by atoms with Crippen molar-refractivity contribution in [3.05, 3.63) is 42.8 Å². The predicted molar refractivity (Wildman–Crippen MR) is 86.8 cm³/mol. The molecule has 1 aromatic rings. The first-order valence-electron chi connectivity index (χ1n) is 7.55. The monoisotopic (exact) mass is 290 g/mol. The van der Waals surface area contributed by atoms with E-state index in [4.69, 9.17) is 4.74 Å². The van der Waals surface area contributed by atoms with Crippen LogP contribution in [0.4, 0.5) is 4.79 Å². The zero-order valence-electron chi connectivity index (χ0n) is 13.9. The molecular formula is C18H28NO2. The SMILES string of the molecule is [CH2][C@@H](CC(C)C)N(Cc1ccccc1)C(=O)OC(C)(C)C. The molecule has 0 spiro atoms. The number of carbonyl (C=O) groups excluding carboxylic acids is 1. The predicted octanol–water partition coefficient (Wildman–Crippen LogP) is 4.67. The van der Waals surface area contributed by atoms with Crippen molar-refractivity contribution < 1.29 is 9.53 Å². The molecule has 1 amide bonds. The van der Waals surface area contributed by atoms with Crippen LogP contribution in [-0.4, -0.2) is 22.6 Å². The van der Waals surface area contributed by atoms with Crippen LogP contribution in [0.15, 0.2) is 30.3 Å². The highest BCUT2D eigenvalue weighted by molar-refractivity contribution is 5.68. The fraction of sp³-hybridized carbons (Fsp3) is 0.556. The first kappa shape index (κ1) is 17.5. The van der Waals surface area contributed by atoms with Gasteiger partial charge in [-0.25, -0.2) is 4.79 Å². The summed E-state index contributed by atoms with van der Waals surface area (Å²) in [5.74, 6) is 0.480. The summed E-state index contributed by atoms with van der Waals surface area (Å²) in [6, 6.07) is 9.85. The average molecular weight is 290 g/mol. The first-order chi connectivity index (χ1) is 9.69. The molecule has 0 aliphatic heterocycles. The lowest BCUT2D eigenvalue weighted by Crippen LogP contribution is -2.42. The van der Waals surface area contributed by atoms with E-state index in [1.807, 2.05) is 51.1 Å². The van der Waals surface area contributed by atoms with Crippen LogP contribution in [0.25, 0.3) is 0 Å². The molecule has 117 valence electrons. The van der Waals surface area contributed by atoms with Crippen LogP contribution < -0.4 is 0 Å². The van der Waals surface area contributed by atoms with E-state index in [1.54, 1.807) is 4.90 Å². The van der Waals surface area contributed by atoms with Gasteiger partial charge in [-0.1, -0.05) is 44.2 Å². The standard InChI is InChI=1S/C18H28NO2/c1-14(2)12-15(3)19(17(20)21-18(4,5)6)13-16-10-8-7-9-11-16/h7-11,14-15H,3,12-13H2,1-2,4-6H3/t15-/m0/s1. The molecule has 1 aromatic carbocycles. The number of nitrogens with zero attached hydrogens (tertiary/aromatic N) is 1. The highest BCUT2D eigenvalue weighted by Crippen LogP contribution is 2.18. The van der Waals surface area contributed by atoms with E-state index in [0.29, 0.717) is 12.5 Å². The topological polar surface area (TPSA) is 29.5 Å². The molecule has 3 heteroatoms. The summed E-state index contributed by atoms with van der Waals surface area (Å²) >= 11 is 0. The maximum atomic E-state index is 12.4. The van der Waals surface area contributed by atoms with Gasteiger partial charge in [-0.15, -0.1) is 0 Å². The van der Waals surface area contributed by atoms with Gasteiger partial charge in [0, 0.05) is 12.6 Å². The zero-order valence-corrected chi connectivity index (χ0v) is 13.9. The van der Waals surface area contributed by atoms with Crippen LogP contribution in [0.2, 0.25) is 0 Å². The highest BCUT2D eigenvalue weighted by atomic mass is 16.6. The third-order valence-corrected chi connectivity index (χ3v) is 3.01. The molecule has 0 saturated heterocycles. The molecule has 1 radical (unpaired) electrons. The van der Waals surface area contributed by atoms with Crippen molar-refractivity contribution in [3.8, 4) is 0 Å². The van der Waals surface area contributed by atoms with E-state index in [-0.39, 0.29) is 12.1 Å². The molecule has 0 unspecified atom stereocenters. The van der Waals surface area contributed by atoms with Crippen LogP contribution in [0.1, 0.15) is 46.6 Å². The van der Waals surface area contributed by atoms with Crippen molar-refractivity contribution in [1.82, 2.24) is 4.90 Å². The minimum Gasteiger partial charge on any atom is -0.444 e. The molecule has 21 heavy (non-hydrogen) atoms. The largest absolute Gasteiger partial charge is 0.444 e. The van der Waals surface area contributed by atoms with Gasteiger partial charge in [-0.3, -0.25) is 0 Å². The lowest BCUT2D eigenvalue weighted by Gasteiger charge is -2.32. The molecule has 0 fully saturated rings. The molecule has 0 heterocycles. The Labute approximate surface area is 129 Å². The summed E-state index contributed by atoms with van der Waals surface area (Å²) in [6.45, 7) is 14.6. The van der Waals surface area contributed by atoms with Gasteiger partial charge in [-0.05, 0) is 45.6 Å². The summed E-state index contributed by atoms with van der Waals surface area (Å²) in [5, 5.41) is 0. The van der Waals surface area contributed by atoms with E-state index < -0.39 is 5.60 Å². The Morgan fingerprint density at radius 1 is 1.24 bits per heavy atom. The Bertz CT molecular complexity index is 434. The third kappa shape index (κ3) is 6.65. The van der Waals surface area contributed by atoms with E-state index in [2.05, 4.69) is 20.8 Å². The number of hydrogen-bond donors (Lipinski definition) is 0. The molecule has 0 aromatic heterocycles. The summed E-state index contributed by atoms with van der Waals surface area (Å²) < 4.78 is 5.52. The Morgan fingerprint density at radius 3 is 2.29 bits per heavy atom. The van der Waals surface area contributed by atoms with Crippen molar-refractivity contribution in [2.24, 2.45) is 5.92 Å². The Morgan fingerprint density at radius 2 is 1.81 bits per heavy atom. The zero-order chi connectivity index (χ0) is 16.0. The van der Waals surface area contributed by atoms with Crippen molar-refractivity contribution >= 4 is 6.09 Å². The second-order valence-electron chi connectivity index (χ2n) is 6.88. The minimum atomic E-state index is -0.496. The van der Waals surface area contributed by atoms with Gasteiger partial charge in [0.2, 0.25) is 0 Å². The molecule has 0 saturated carbocycles. The summed E-state index contributed by atoms with van der Waals surface area (Å²) in [4.78, 5) is 14.2. The molecule has 0 N–H and O–H groups in total. The van der Waals surface area contributed by atoms with Gasteiger partial charge in [-0.2, -0.15) is 0 Å². The van der Waals surface area contributed by atoms with Crippen LogP contribution in [0, 0.1) is 12.8 Å². The summed E-state index contributed by atoms with van der Waals surface area (Å²) in [5.41, 5.74) is 0.588. The van der Waals surface area contributed by atoms with Gasteiger partial charge in [0.25, 0.3) is 0 Å². The van der Waals surface area contributed by atoms with Crippen LogP contribution in [0.5, 0.6) is 0 Å². The van der Waals surface area contributed by atoms with Crippen molar-refractivity contribution in [2.75, 3.05) is 0 Å². The number of carbonyl (C=O) groups is 1. The number of hydrogen-bond acceptors (Lipinski definition) is 2. The van der Waals surface area contributed by atoms with E-state index >= 15 is 0 Å². The normalized spacial score (nSPS) is 13.1. The lowest BCUT2D eigenvalue weighted by molar-refractivity contribution is 0.0162. The smallest absolute Gasteiger partial charge is 0.410 e. The molecule has 0 aliphatic rings. The second-order valence-corrected chi connectivity index (χ2v) is 6.88. The molecular weight excluding hydrogens is 262 g/mol. The number of ether oxygens (including phenoxy) is 1. The van der Waals surface area contributed by atoms with Crippen LogP contribution in [-0.2, 0) is 11.3 Å². The first-order valence-corrected chi connectivity index (χ1v) is 7.55. The number of benzene rings is 1. The maximum Gasteiger partial charge on any atom is 0.410 e. The van der Waals surface area contributed by atoms with E-state index in [1.165, 1.54) is 0 Å². The summed E-state index contributed by atoms with van der Waals surface area (Å²) in [6.07, 6.45) is 0.554. The van der Waals surface area contributed by atoms with E-state index in [0.717, 1.165) is 12.0 Å². The van der Waals surface area contributed by atoms with Crippen LogP contribution >= 0.6 is 0 Å². The van der Waals surface area contributed by atoms with Gasteiger partial charge < -0.3 is 9.64 Å². The lowest BCUT2D eigenvalue weighted by atomic mass is 10.0. The molecule has 1 rings (SSSR count). The molecule has 1 atom stereocenters. The van der Waals surface area contributed by atoms with Crippen molar-refractivity contribution in [3.63, 3.8) is 0 Å². The van der Waals surface area contributed by atoms with Gasteiger partial charge in [0.05, 0.1) is 0 Å². The Hall–Kier alpha value is -1.51. The number of amides is 1. The van der Waals surface area contributed by atoms with E-state index in [9.17, 15) is 4.79 Å². The van der Waals surface area contributed by atoms with Crippen LogP contribution in [0.3, 0.4) is 0 Å². The third-order valence-electron chi connectivity index (χ3n) is 3.01. The number of rotatable bonds is 5. The Balaban J connectivity index is 2.86. The van der Waals surface area contributed by atoms with Crippen molar-refractivity contribution in [1.29, 1.82) is 0 Å². The minimum absolute atomic E-state index is 0.0972. The fourth-order valence-electron chi connectivity index (χ4n) is 2.11. The molecule has 0 bridgehead atoms. The summed E-state index contributed by atoms with van der Waals surface area (Å²) in [7, 11) is 0. The Kier molecular flexibility index (Phi) is 6.25. The van der Waals surface area contributed by atoms with Gasteiger partial charge in [0.1, 0.15) is 5.60 Å². The highest BCUT2D eigenvalue weighted by Gasteiger charge is 2.26.